The van der Waals surface area contributed by atoms with E-state index in [9.17, 15) is 0 Å². The zero-order chi connectivity index (χ0) is 17.8. The van der Waals surface area contributed by atoms with Crippen molar-refractivity contribution in [3.8, 4) is 0 Å². The smallest absolute Gasteiger partial charge is 0.227 e. The van der Waals surface area contributed by atoms with Gasteiger partial charge in [0.2, 0.25) is 5.95 Å². The number of nitrogens with one attached hydrogen (secondary N) is 2. The van der Waals surface area contributed by atoms with Gasteiger partial charge in [-0.05, 0) is 44.7 Å². The summed E-state index contributed by atoms with van der Waals surface area (Å²) in [5.41, 5.74) is 3.43. The molecular weight excluding hydrogens is 397 g/mol. The van der Waals surface area contributed by atoms with Crippen molar-refractivity contribution in [2.24, 2.45) is 0 Å². The molecule has 2 N–H and O–H groups in total. The average molecular weight is 428 g/mol. The summed E-state index contributed by atoms with van der Waals surface area (Å²) in [4.78, 5) is 11.8. The van der Waals surface area contributed by atoms with Gasteiger partial charge in [-0.15, -0.1) is 24.8 Å². The molecule has 0 aliphatic carbocycles. The zero-order valence-electron chi connectivity index (χ0n) is 16.5. The van der Waals surface area contributed by atoms with Crippen LogP contribution in [-0.4, -0.2) is 39.4 Å². The molecule has 0 aromatic carbocycles. The maximum absolute atomic E-state index is 4.77. The SMILES string of the molecule is CCc1cc(NCc2cc3n(n2)CCCNC3)nc(N2CCCCC2)n1.Cl.Cl. The lowest BCUT2D eigenvalue weighted by Gasteiger charge is -2.27. The molecule has 0 radical (unpaired) electrons. The maximum atomic E-state index is 4.77. The minimum absolute atomic E-state index is 0. The van der Waals surface area contributed by atoms with Crippen LogP contribution >= 0.6 is 24.8 Å². The first kappa shape index (κ1) is 22.7. The highest BCUT2D eigenvalue weighted by Crippen LogP contribution is 2.19. The molecule has 4 heterocycles. The molecule has 2 aromatic rings. The molecule has 2 aromatic heterocycles. The number of rotatable bonds is 5. The Morgan fingerprint density at radius 3 is 2.61 bits per heavy atom. The van der Waals surface area contributed by atoms with Gasteiger partial charge in [-0.3, -0.25) is 4.68 Å². The number of nitrogens with zero attached hydrogens (tertiary/aromatic N) is 5. The lowest BCUT2D eigenvalue weighted by molar-refractivity contribution is 0.567. The van der Waals surface area contributed by atoms with Crippen LogP contribution in [0.25, 0.3) is 0 Å². The van der Waals surface area contributed by atoms with E-state index in [2.05, 4.69) is 39.3 Å². The maximum Gasteiger partial charge on any atom is 0.227 e. The van der Waals surface area contributed by atoms with Crippen LogP contribution in [0.3, 0.4) is 0 Å². The molecule has 0 amide bonds. The number of hydrogen-bond donors (Lipinski definition) is 2. The first-order chi connectivity index (χ1) is 12.8. The average Bonchev–Trinajstić information content (AvgIpc) is 2.96. The molecule has 2 aliphatic heterocycles. The van der Waals surface area contributed by atoms with E-state index in [-0.39, 0.29) is 24.8 Å². The summed E-state index contributed by atoms with van der Waals surface area (Å²) in [5.74, 6) is 1.77. The van der Waals surface area contributed by atoms with Gasteiger partial charge in [0, 0.05) is 37.9 Å². The molecule has 4 rings (SSSR count). The number of halogens is 2. The van der Waals surface area contributed by atoms with Gasteiger partial charge in [-0.25, -0.2) is 4.98 Å². The fourth-order valence-corrected chi connectivity index (χ4v) is 3.68. The fourth-order valence-electron chi connectivity index (χ4n) is 3.68. The molecule has 0 saturated carbocycles. The Labute approximate surface area is 179 Å². The van der Waals surface area contributed by atoms with Gasteiger partial charge in [0.25, 0.3) is 0 Å². The van der Waals surface area contributed by atoms with E-state index in [1.807, 2.05) is 0 Å². The van der Waals surface area contributed by atoms with E-state index in [4.69, 9.17) is 15.1 Å². The van der Waals surface area contributed by atoms with Gasteiger partial charge in [-0.2, -0.15) is 10.1 Å². The number of piperidine rings is 1. The molecule has 0 bridgehead atoms. The van der Waals surface area contributed by atoms with Crippen molar-refractivity contribution in [3.63, 3.8) is 0 Å². The molecule has 156 valence electrons. The summed E-state index contributed by atoms with van der Waals surface area (Å²) in [6, 6.07) is 4.26. The molecular formula is C19H31Cl2N7. The number of aryl methyl sites for hydroxylation is 2. The molecule has 28 heavy (non-hydrogen) atoms. The van der Waals surface area contributed by atoms with Crippen molar-refractivity contribution in [1.29, 1.82) is 0 Å². The van der Waals surface area contributed by atoms with Crippen molar-refractivity contribution in [1.82, 2.24) is 25.1 Å². The number of hydrogen-bond acceptors (Lipinski definition) is 6. The molecule has 2 aliphatic rings. The predicted molar refractivity (Wildman–Crippen MR) is 118 cm³/mol. The molecule has 0 unspecified atom stereocenters. The normalized spacial score (nSPS) is 16.4. The fraction of sp³-hybridized carbons (Fsp3) is 0.632. The lowest BCUT2D eigenvalue weighted by Crippen LogP contribution is -2.31. The zero-order valence-corrected chi connectivity index (χ0v) is 18.1. The van der Waals surface area contributed by atoms with Crippen LogP contribution in [-0.2, 0) is 26.1 Å². The lowest BCUT2D eigenvalue weighted by atomic mass is 10.1. The van der Waals surface area contributed by atoms with Gasteiger partial charge < -0.3 is 15.5 Å². The van der Waals surface area contributed by atoms with E-state index in [1.54, 1.807) is 0 Å². The standard InChI is InChI=1S/C19H29N7.2ClH/c1-2-15-12-18(23-19(22-15)25-8-4-3-5-9-25)21-13-16-11-17-14-20-7-6-10-26(17)24-16;;/h11-12,20H,2-10,13-14H2,1H3,(H,21,22,23);2*1H. The summed E-state index contributed by atoms with van der Waals surface area (Å²) < 4.78 is 2.13. The molecule has 0 atom stereocenters. The quantitative estimate of drug-likeness (QED) is 0.763. The summed E-state index contributed by atoms with van der Waals surface area (Å²) in [5, 5.41) is 11.6. The molecule has 1 fully saturated rings. The van der Waals surface area contributed by atoms with Gasteiger partial charge in [0.15, 0.2) is 0 Å². The Kier molecular flexibility index (Phi) is 8.79. The first-order valence-corrected chi connectivity index (χ1v) is 9.95. The highest BCUT2D eigenvalue weighted by atomic mass is 35.5. The topological polar surface area (TPSA) is 70.9 Å². The van der Waals surface area contributed by atoms with Gasteiger partial charge in [-0.1, -0.05) is 6.92 Å². The highest BCUT2D eigenvalue weighted by Gasteiger charge is 2.16. The van der Waals surface area contributed by atoms with E-state index in [1.165, 1.54) is 25.0 Å². The van der Waals surface area contributed by atoms with E-state index < -0.39 is 0 Å². The third kappa shape index (κ3) is 5.49. The van der Waals surface area contributed by atoms with Crippen LogP contribution in [0.2, 0.25) is 0 Å². The van der Waals surface area contributed by atoms with E-state index in [0.29, 0.717) is 6.54 Å². The summed E-state index contributed by atoms with van der Waals surface area (Å²) in [6.45, 7) is 7.93. The third-order valence-corrected chi connectivity index (χ3v) is 5.16. The highest BCUT2D eigenvalue weighted by molar-refractivity contribution is 5.85. The van der Waals surface area contributed by atoms with Crippen LogP contribution in [0.15, 0.2) is 12.1 Å². The molecule has 9 heteroatoms. The van der Waals surface area contributed by atoms with E-state index in [0.717, 1.165) is 68.7 Å². The summed E-state index contributed by atoms with van der Waals surface area (Å²) >= 11 is 0. The minimum Gasteiger partial charge on any atom is -0.364 e. The van der Waals surface area contributed by atoms with Crippen molar-refractivity contribution in [2.45, 2.75) is 58.7 Å². The van der Waals surface area contributed by atoms with Crippen molar-refractivity contribution in [2.75, 3.05) is 29.9 Å². The second-order valence-corrected chi connectivity index (χ2v) is 7.18. The largest absolute Gasteiger partial charge is 0.364 e. The number of fused-ring (bicyclic) bond motifs is 1. The molecule has 7 nitrogen and oxygen atoms in total. The second kappa shape index (κ2) is 10.8. The monoisotopic (exact) mass is 427 g/mol. The van der Waals surface area contributed by atoms with Crippen LogP contribution in [0.5, 0.6) is 0 Å². The number of anilines is 2. The Hall–Kier alpha value is -1.57. The van der Waals surface area contributed by atoms with Crippen LogP contribution in [0, 0.1) is 0 Å². The van der Waals surface area contributed by atoms with Crippen LogP contribution in [0.4, 0.5) is 11.8 Å². The van der Waals surface area contributed by atoms with E-state index >= 15 is 0 Å². The Morgan fingerprint density at radius 2 is 1.82 bits per heavy atom. The minimum atomic E-state index is 0. The Balaban J connectivity index is 0.00000140. The van der Waals surface area contributed by atoms with Gasteiger partial charge in [0.1, 0.15) is 5.82 Å². The first-order valence-electron chi connectivity index (χ1n) is 9.95. The van der Waals surface area contributed by atoms with Crippen LogP contribution < -0.4 is 15.5 Å². The van der Waals surface area contributed by atoms with Crippen molar-refractivity contribution >= 4 is 36.6 Å². The summed E-state index contributed by atoms with van der Waals surface area (Å²) in [6.07, 6.45) is 5.83. The summed E-state index contributed by atoms with van der Waals surface area (Å²) in [7, 11) is 0. The predicted octanol–water partition coefficient (Wildman–Crippen LogP) is 3.17. The van der Waals surface area contributed by atoms with Crippen LogP contribution in [0.1, 0.15) is 49.7 Å². The van der Waals surface area contributed by atoms with Crippen molar-refractivity contribution in [3.05, 3.63) is 29.2 Å². The molecule has 1 saturated heterocycles. The third-order valence-electron chi connectivity index (χ3n) is 5.16. The Morgan fingerprint density at radius 1 is 1.00 bits per heavy atom. The molecule has 0 spiro atoms. The Bertz CT molecular complexity index is 720. The van der Waals surface area contributed by atoms with Gasteiger partial charge in [0.05, 0.1) is 17.9 Å². The second-order valence-electron chi connectivity index (χ2n) is 7.18. The van der Waals surface area contributed by atoms with Gasteiger partial charge >= 0.3 is 0 Å². The number of aromatic nitrogens is 4. The van der Waals surface area contributed by atoms with Crippen molar-refractivity contribution < 1.29 is 0 Å².